The van der Waals surface area contributed by atoms with Crippen LogP contribution in [0.2, 0.25) is 0 Å². The van der Waals surface area contributed by atoms with Gasteiger partial charge >= 0.3 is 0 Å². The molecule has 0 saturated heterocycles. The number of dihydropyridines is 1. The predicted molar refractivity (Wildman–Crippen MR) is 43.5 cm³/mol. The SMILES string of the molecule is C1=CC(C2CN=CO2)=CCN1. The number of nitrogens with one attached hydrogen (secondary N) is 1. The van der Waals surface area contributed by atoms with Gasteiger partial charge in [0.05, 0.1) is 6.54 Å². The first-order chi connectivity index (χ1) is 5.47. The summed E-state index contributed by atoms with van der Waals surface area (Å²) in [5.74, 6) is 0. The molecule has 1 N–H and O–H groups in total. The molecular weight excluding hydrogens is 140 g/mol. The van der Waals surface area contributed by atoms with E-state index in [9.17, 15) is 0 Å². The third-order valence-electron chi connectivity index (χ3n) is 1.79. The second-order valence-electron chi connectivity index (χ2n) is 2.54. The van der Waals surface area contributed by atoms with Crippen LogP contribution >= 0.6 is 0 Å². The van der Waals surface area contributed by atoms with Crippen molar-refractivity contribution < 1.29 is 4.74 Å². The Kier molecular flexibility index (Phi) is 1.63. The molecule has 0 radical (unpaired) electrons. The highest BCUT2D eigenvalue weighted by Crippen LogP contribution is 2.13. The van der Waals surface area contributed by atoms with Crippen molar-refractivity contribution in [1.82, 2.24) is 5.32 Å². The summed E-state index contributed by atoms with van der Waals surface area (Å²) in [7, 11) is 0. The number of rotatable bonds is 1. The van der Waals surface area contributed by atoms with E-state index in [0.29, 0.717) is 0 Å². The zero-order valence-electron chi connectivity index (χ0n) is 6.16. The van der Waals surface area contributed by atoms with Crippen molar-refractivity contribution in [1.29, 1.82) is 0 Å². The first-order valence-corrected chi connectivity index (χ1v) is 3.70. The monoisotopic (exact) mass is 150 g/mol. The van der Waals surface area contributed by atoms with E-state index in [1.165, 1.54) is 12.0 Å². The quantitative estimate of drug-likeness (QED) is 0.589. The Bertz CT molecular complexity index is 222. The molecule has 0 bridgehead atoms. The molecule has 2 heterocycles. The molecule has 11 heavy (non-hydrogen) atoms. The van der Waals surface area contributed by atoms with E-state index < -0.39 is 0 Å². The smallest absolute Gasteiger partial charge is 0.170 e. The molecule has 2 aliphatic heterocycles. The summed E-state index contributed by atoms with van der Waals surface area (Å²) in [6.45, 7) is 1.65. The predicted octanol–water partition coefficient (Wildman–Crippen LogP) is 0.457. The molecule has 0 spiro atoms. The lowest BCUT2D eigenvalue weighted by Gasteiger charge is -2.13. The summed E-state index contributed by atoms with van der Waals surface area (Å²) in [6.07, 6.45) is 7.79. The van der Waals surface area contributed by atoms with Crippen LogP contribution in [0.1, 0.15) is 0 Å². The van der Waals surface area contributed by atoms with E-state index in [2.05, 4.69) is 16.4 Å². The Labute approximate surface area is 65.5 Å². The third kappa shape index (κ3) is 1.27. The minimum absolute atomic E-state index is 0.161. The average Bonchev–Trinajstić information content (AvgIpc) is 2.58. The van der Waals surface area contributed by atoms with Crippen LogP contribution in [0, 0.1) is 0 Å². The number of ether oxygens (including phenoxy) is 1. The standard InChI is InChI=1S/C8H10N2O/c1-3-9-4-2-7(1)8-5-10-6-11-8/h1-3,6,8-9H,4-5H2. The molecule has 1 unspecified atom stereocenters. The van der Waals surface area contributed by atoms with E-state index in [0.717, 1.165) is 13.1 Å². The molecule has 3 heteroatoms. The van der Waals surface area contributed by atoms with Crippen LogP contribution in [0.15, 0.2) is 28.9 Å². The van der Waals surface area contributed by atoms with Crippen molar-refractivity contribution in [2.75, 3.05) is 13.1 Å². The van der Waals surface area contributed by atoms with Gasteiger partial charge in [0.25, 0.3) is 0 Å². The third-order valence-corrected chi connectivity index (χ3v) is 1.79. The van der Waals surface area contributed by atoms with Crippen LogP contribution in [0.5, 0.6) is 0 Å². The molecule has 2 rings (SSSR count). The van der Waals surface area contributed by atoms with Crippen LogP contribution < -0.4 is 5.32 Å². The fourth-order valence-corrected chi connectivity index (χ4v) is 1.19. The largest absolute Gasteiger partial charge is 0.474 e. The number of aliphatic imine (C=N–C) groups is 1. The lowest BCUT2D eigenvalue weighted by Crippen LogP contribution is -2.18. The highest BCUT2D eigenvalue weighted by molar-refractivity contribution is 5.51. The van der Waals surface area contributed by atoms with Crippen molar-refractivity contribution in [3.05, 3.63) is 23.9 Å². The Morgan fingerprint density at radius 2 is 2.64 bits per heavy atom. The molecule has 0 amide bonds. The van der Waals surface area contributed by atoms with Gasteiger partial charge < -0.3 is 10.1 Å². The molecule has 0 aromatic heterocycles. The fraction of sp³-hybridized carbons (Fsp3) is 0.375. The first-order valence-electron chi connectivity index (χ1n) is 3.70. The van der Waals surface area contributed by atoms with Crippen LogP contribution in [-0.2, 0) is 4.74 Å². The summed E-state index contributed by atoms with van der Waals surface area (Å²) < 4.78 is 5.25. The van der Waals surface area contributed by atoms with E-state index in [1.807, 2.05) is 12.3 Å². The average molecular weight is 150 g/mol. The normalized spacial score (nSPS) is 27.6. The maximum Gasteiger partial charge on any atom is 0.170 e. The Morgan fingerprint density at radius 3 is 3.27 bits per heavy atom. The summed E-state index contributed by atoms with van der Waals surface area (Å²) >= 11 is 0. The molecular formula is C8H10N2O. The Balaban J connectivity index is 2.04. The summed E-state index contributed by atoms with van der Waals surface area (Å²) in [6, 6.07) is 0. The molecule has 2 aliphatic rings. The fourth-order valence-electron chi connectivity index (χ4n) is 1.19. The highest BCUT2D eigenvalue weighted by Gasteiger charge is 2.16. The maximum atomic E-state index is 5.25. The molecule has 1 atom stereocenters. The molecule has 0 fully saturated rings. The Morgan fingerprint density at radius 1 is 1.64 bits per heavy atom. The zero-order chi connectivity index (χ0) is 7.52. The number of hydrogen-bond acceptors (Lipinski definition) is 3. The van der Waals surface area contributed by atoms with Gasteiger partial charge in [-0.05, 0) is 17.8 Å². The summed E-state index contributed by atoms with van der Waals surface area (Å²) in [4.78, 5) is 4.00. The number of hydrogen-bond donors (Lipinski definition) is 1. The minimum Gasteiger partial charge on any atom is -0.474 e. The lowest BCUT2D eigenvalue weighted by molar-refractivity contribution is 0.275. The van der Waals surface area contributed by atoms with Crippen molar-refractivity contribution in [2.45, 2.75) is 6.10 Å². The molecule has 0 saturated carbocycles. The van der Waals surface area contributed by atoms with Gasteiger partial charge in [-0.25, -0.2) is 0 Å². The first kappa shape index (κ1) is 6.46. The van der Waals surface area contributed by atoms with Gasteiger partial charge in [0.2, 0.25) is 0 Å². The number of nitrogens with zero attached hydrogens (tertiary/aromatic N) is 1. The summed E-state index contributed by atoms with van der Waals surface area (Å²) in [5.41, 5.74) is 1.22. The van der Waals surface area contributed by atoms with E-state index in [-0.39, 0.29) is 6.10 Å². The lowest BCUT2D eigenvalue weighted by atomic mass is 10.1. The molecule has 58 valence electrons. The van der Waals surface area contributed by atoms with Gasteiger partial charge in [0.1, 0.15) is 6.10 Å². The second kappa shape index (κ2) is 2.78. The highest BCUT2D eigenvalue weighted by atomic mass is 16.5. The second-order valence-corrected chi connectivity index (χ2v) is 2.54. The van der Waals surface area contributed by atoms with Gasteiger partial charge in [0, 0.05) is 6.54 Å². The zero-order valence-corrected chi connectivity index (χ0v) is 6.16. The van der Waals surface area contributed by atoms with Crippen LogP contribution in [-0.4, -0.2) is 25.6 Å². The van der Waals surface area contributed by atoms with Gasteiger partial charge in [-0.3, -0.25) is 4.99 Å². The molecule has 3 nitrogen and oxygen atoms in total. The summed E-state index contributed by atoms with van der Waals surface area (Å²) in [5, 5.41) is 3.08. The van der Waals surface area contributed by atoms with Gasteiger partial charge in [0.15, 0.2) is 6.40 Å². The van der Waals surface area contributed by atoms with Crippen molar-refractivity contribution in [2.24, 2.45) is 4.99 Å². The minimum atomic E-state index is 0.161. The molecule has 0 aromatic carbocycles. The van der Waals surface area contributed by atoms with Crippen molar-refractivity contribution >= 4 is 6.40 Å². The van der Waals surface area contributed by atoms with E-state index in [1.54, 1.807) is 0 Å². The van der Waals surface area contributed by atoms with Gasteiger partial charge in [-0.15, -0.1) is 0 Å². The van der Waals surface area contributed by atoms with E-state index in [4.69, 9.17) is 4.74 Å². The Hall–Kier alpha value is -1.25. The van der Waals surface area contributed by atoms with Gasteiger partial charge in [-0.2, -0.15) is 0 Å². The van der Waals surface area contributed by atoms with Crippen molar-refractivity contribution in [3.8, 4) is 0 Å². The van der Waals surface area contributed by atoms with Crippen LogP contribution in [0.25, 0.3) is 0 Å². The maximum absolute atomic E-state index is 5.25. The molecule has 0 aliphatic carbocycles. The van der Waals surface area contributed by atoms with Gasteiger partial charge in [-0.1, -0.05) is 6.08 Å². The van der Waals surface area contributed by atoms with E-state index >= 15 is 0 Å². The van der Waals surface area contributed by atoms with Crippen LogP contribution in [0.3, 0.4) is 0 Å². The topological polar surface area (TPSA) is 33.6 Å². The van der Waals surface area contributed by atoms with Crippen LogP contribution in [0.4, 0.5) is 0 Å². The van der Waals surface area contributed by atoms with Crippen molar-refractivity contribution in [3.63, 3.8) is 0 Å². The molecule has 0 aromatic rings.